The molecular formula is C12H20N2O4. The summed E-state index contributed by atoms with van der Waals surface area (Å²) in [5.74, 6) is -1.89. The topological polar surface area (TPSA) is 75.7 Å². The van der Waals surface area contributed by atoms with E-state index in [9.17, 15) is 14.4 Å². The first-order valence-electron chi connectivity index (χ1n) is 6.16. The summed E-state index contributed by atoms with van der Waals surface area (Å²) in [6.07, 6.45) is -0.245. The lowest BCUT2D eigenvalue weighted by Crippen LogP contribution is -2.60. The molecule has 0 aromatic carbocycles. The van der Waals surface area contributed by atoms with E-state index in [0.717, 1.165) is 4.90 Å². The molecule has 1 N–H and O–H groups in total. The first-order valence-corrected chi connectivity index (χ1v) is 6.16. The van der Waals surface area contributed by atoms with Gasteiger partial charge in [-0.25, -0.2) is 4.79 Å². The van der Waals surface area contributed by atoms with Crippen molar-refractivity contribution in [2.45, 2.75) is 33.8 Å². The average Bonchev–Trinajstić information content (AvgIpc) is 2.23. The van der Waals surface area contributed by atoms with Crippen molar-refractivity contribution in [3.8, 4) is 0 Å². The Balaban J connectivity index is 2.80. The third-order valence-electron chi connectivity index (χ3n) is 2.85. The largest absolute Gasteiger partial charge is 0.377 e. The van der Waals surface area contributed by atoms with Gasteiger partial charge in [-0.2, -0.15) is 0 Å². The van der Waals surface area contributed by atoms with Crippen molar-refractivity contribution in [2.24, 2.45) is 11.8 Å². The molecule has 0 aliphatic carbocycles. The molecule has 1 heterocycles. The van der Waals surface area contributed by atoms with Crippen molar-refractivity contribution >= 4 is 17.8 Å². The fraction of sp³-hybridized carbons (Fsp3) is 0.750. The normalized spacial score (nSPS) is 22.4. The van der Waals surface area contributed by atoms with Crippen molar-refractivity contribution in [1.82, 2.24) is 10.2 Å². The molecule has 0 saturated carbocycles. The predicted octanol–water partition coefficient (Wildman–Crippen LogP) is 0.762. The Morgan fingerprint density at radius 2 is 1.89 bits per heavy atom. The van der Waals surface area contributed by atoms with Gasteiger partial charge in [-0.1, -0.05) is 13.8 Å². The molecule has 0 bridgehead atoms. The van der Waals surface area contributed by atoms with Gasteiger partial charge in [-0.15, -0.1) is 0 Å². The molecule has 6 heteroatoms. The van der Waals surface area contributed by atoms with Gasteiger partial charge in [0.1, 0.15) is 5.92 Å². The molecule has 2 atom stereocenters. The number of ether oxygens (including phenoxy) is 1. The molecule has 1 rings (SSSR count). The summed E-state index contributed by atoms with van der Waals surface area (Å²) < 4.78 is 5.30. The van der Waals surface area contributed by atoms with Gasteiger partial charge in [0.2, 0.25) is 11.8 Å². The zero-order valence-corrected chi connectivity index (χ0v) is 11.2. The Kier molecular flexibility index (Phi) is 4.84. The van der Waals surface area contributed by atoms with Gasteiger partial charge in [-0.05, 0) is 19.8 Å². The van der Waals surface area contributed by atoms with Gasteiger partial charge in [-0.3, -0.25) is 19.8 Å². The van der Waals surface area contributed by atoms with E-state index in [0.29, 0.717) is 6.61 Å². The van der Waals surface area contributed by atoms with E-state index in [-0.39, 0.29) is 18.6 Å². The fourth-order valence-electron chi connectivity index (χ4n) is 1.99. The Bertz CT molecular complexity index is 354. The third kappa shape index (κ3) is 3.07. The van der Waals surface area contributed by atoms with Crippen molar-refractivity contribution in [1.29, 1.82) is 0 Å². The van der Waals surface area contributed by atoms with Gasteiger partial charge in [0.15, 0.2) is 0 Å². The van der Waals surface area contributed by atoms with Gasteiger partial charge in [0.05, 0.1) is 12.6 Å². The van der Waals surface area contributed by atoms with Crippen LogP contribution in [0.25, 0.3) is 0 Å². The molecule has 1 aliphatic rings. The number of hydrogen-bond acceptors (Lipinski definition) is 4. The number of carbonyl (C=O) groups excluding carboxylic acids is 3. The Hall–Kier alpha value is -1.43. The molecule has 2 unspecified atom stereocenters. The fourth-order valence-corrected chi connectivity index (χ4v) is 1.99. The zero-order valence-electron chi connectivity index (χ0n) is 11.2. The van der Waals surface area contributed by atoms with Crippen LogP contribution < -0.4 is 5.32 Å². The summed E-state index contributed by atoms with van der Waals surface area (Å²) in [6.45, 7) is 7.86. The van der Waals surface area contributed by atoms with Gasteiger partial charge in [0, 0.05) is 6.61 Å². The molecule has 4 amide bonds. The minimum atomic E-state index is -0.795. The number of amides is 4. The maximum Gasteiger partial charge on any atom is 0.330 e. The monoisotopic (exact) mass is 256 g/mol. The molecule has 0 aromatic rings. The number of hydrogen-bond donors (Lipinski definition) is 1. The molecule has 0 radical (unpaired) electrons. The lowest BCUT2D eigenvalue weighted by Gasteiger charge is -2.33. The molecule has 102 valence electrons. The first kappa shape index (κ1) is 14.6. The first-order chi connectivity index (χ1) is 8.38. The number of imide groups is 2. The highest BCUT2D eigenvalue weighted by Crippen LogP contribution is 2.19. The van der Waals surface area contributed by atoms with Crippen LogP contribution in [-0.4, -0.2) is 42.0 Å². The van der Waals surface area contributed by atoms with Crippen LogP contribution in [0.5, 0.6) is 0 Å². The van der Waals surface area contributed by atoms with E-state index in [1.165, 1.54) is 0 Å². The second-order valence-electron chi connectivity index (χ2n) is 4.73. The number of barbiturate groups is 1. The second-order valence-corrected chi connectivity index (χ2v) is 4.73. The van der Waals surface area contributed by atoms with Crippen molar-refractivity contribution in [3.63, 3.8) is 0 Å². The molecule has 0 spiro atoms. The number of carbonyl (C=O) groups is 3. The molecule has 1 fully saturated rings. The Morgan fingerprint density at radius 1 is 1.28 bits per heavy atom. The smallest absolute Gasteiger partial charge is 0.330 e. The van der Waals surface area contributed by atoms with Crippen LogP contribution in [0.4, 0.5) is 4.79 Å². The zero-order chi connectivity index (χ0) is 13.9. The number of nitrogens with one attached hydrogen (secondary N) is 1. The molecule has 1 aliphatic heterocycles. The van der Waals surface area contributed by atoms with Crippen LogP contribution in [-0.2, 0) is 14.3 Å². The number of nitrogens with zero attached hydrogens (tertiary/aromatic N) is 1. The quantitative estimate of drug-likeness (QED) is 0.737. The summed E-state index contributed by atoms with van der Waals surface area (Å²) in [5.41, 5.74) is 0. The summed E-state index contributed by atoms with van der Waals surface area (Å²) >= 11 is 0. The molecule has 0 aromatic heterocycles. The standard InChI is InChI=1S/C12H20N2O4/c1-5-18-8(4)6-14-11(16)9(7(2)3)10(15)13-12(14)17/h7-9H,5-6H2,1-4H3,(H,13,15,17). The summed E-state index contributed by atoms with van der Waals surface area (Å²) in [5, 5.41) is 2.21. The third-order valence-corrected chi connectivity index (χ3v) is 2.85. The molecule has 18 heavy (non-hydrogen) atoms. The molecule has 1 saturated heterocycles. The maximum absolute atomic E-state index is 12.1. The molecular weight excluding hydrogens is 236 g/mol. The van der Waals surface area contributed by atoms with Crippen LogP contribution in [0.1, 0.15) is 27.7 Å². The van der Waals surface area contributed by atoms with E-state index in [1.807, 2.05) is 6.92 Å². The average molecular weight is 256 g/mol. The Morgan fingerprint density at radius 3 is 2.39 bits per heavy atom. The van der Waals surface area contributed by atoms with E-state index in [1.54, 1.807) is 20.8 Å². The minimum Gasteiger partial charge on any atom is -0.377 e. The highest BCUT2D eigenvalue weighted by atomic mass is 16.5. The lowest BCUT2D eigenvalue weighted by molar-refractivity contribution is -0.145. The molecule has 6 nitrogen and oxygen atoms in total. The van der Waals surface area contributed by atoms with E-state index >= 15 is 0 Å². The second kappa shape index (κ2) is 5.95. The van der Waals surface area contributed by atoms with Crippen LogP contribution in [0.2, 0.25) is 0 Å². The van der Waals surface area contributed by atoms with Gasteiger partial charge >= 0.3 is 6.03 Å². The van der Waals surface area contributed by atoms with Crippen LogP contribution in [0, 0.1) is 11.8 Å². The van der Waals surface area contributed by atoms with Crippen LogP contribution >= 0.6 is 0 Å². The number of urea groups is 1. The highest BCUT2D eigenvalue weighted by Gasteiger charge is 2.42. The van der Waals surface area contributed by atoms with Crippen LogP contribution in [0.15, 0.2) is 0 Å². The maximum atomic E-state index is 12.1. The van der Waals surface area contributed by atoms with E-state index in [2.05, 4.69) is 5.32 Å². The minimum absolute atomic E-state index is 0.143. The van der Waals surface area contributed by atoms with Crippen molar-refractivity contribution < 1.29 is 19.1 Å². The summed E-state index contributed by atoms with van der Waals surface area (Å²) in [4.78, 5) is 36.4. The Labute approximate surface area is 107 Å². The van der Waals surface area contributed by atoms with Crippen molar-refractivity contribution in [2.75, 3.05) is 13.2 Å². The predicted molar refractivity (Wildman–Crippen MR) is 64.7 cm³/mol. The van der Waals surface area contributed by atoms with E-state index in [4.69, 9.17) is 4.74 Å². The number of rotatable bonds is 5. The summed E-state index contributed by atoms with van der Waals surface area (Å²) in [7, 11) is 0. The van der Waals surface area contributed by atoms with E-state index < -0.39 is 23.8 Å². The van der Waals surface area contributed by atoms with Gasteiger partial charge < -0.3 is 4.74 Å². The van der Waals surface area contributed by atoms with Crippen molar-refractivity contribution in [3.05, 3.63) is 0 Å². The highest BCUT2D eigenvalue weighted by molar-refractivity contribution is 6.16. The van der Waals surface area contributed by atoms with Gasteiger partial charge in [0.25, 0.3) is 0 Å². The SMILES string of the molecule is CCOC(C)CN1C(=O)NC(=O)C(C(C)C)C1=O. The lowest BCUT2D eigenvalue weighted by atomic mass is 9.92. The van der Waals surface area contributed by atoms with Crippen LogP contribution in [0.3, 0.4) is 0 Å². The summed E-state index contributed by atoms with van der Waals surface area (Å²) in [6, 6.07) is -0.659.